The Balaban J connectivity index is 1.98. The Hall–Kier alpha value is -0.950. The molecule has 0 radical (unpaired) electrons. The normalized spacial score (nSPS) is 22.6. The van der Waals surface area contributed by atoms with E-state index in [1.165, 1.54) is 17.5 Å². The van der Waals surface area contributed by atoms with Crippen LogP contribution in [0.5, 0.6) is 0 Å². The minimum Gasteiger partial charge on any atom is -0.102 e. The van der Waals surface area contributed by atoms with Crippen LogP contribution in [0.1, 0.15) is 25.0 Å². The summed E-state index contributed by atoms with van der Waals surface area (Å²) in [4.78, 5) is 1.57. The standard InChI is InChI=1S/C16H18S/c1-11(2)15-10-17-16-8-7-12-5-3-4-6-13(12)9-14(15)16/h3-6,8,10-11,14H,7,9H2,1-2H3. The van der Waals surface area contributed by atoms with E-state index in [-0.39, 0.29) is 0 Å². The zero-order valence-electron chi connectivity index (χ0n) is 10.4. The van der Waals surface area contributed by atoms with Crippen LogP contribution < -0.4 is 0 Å². The van der Waals surface area contributed by atoms with Crippen molar-refractivity contribution in [2.75, 3.05) is 0 Å². The summed E-state index contributed by atoms with van der Waals surface area (Å²) >= 11 is 1.95. The van der Waals surface area contributed by atoms with E-state index < -0.39 is 0 Å². The molecular formula is C16H18S. The van der Waals surface area contributed by atoms with Crippen LogP contribution >= 0.6 is 11.8 Å². The molecule has 1 aromatic carbocycles. The molecule has 88 valence electrons. The third-order valence-corrected chi connectivity index (χ3v) is 4.92. The van der Waals surface area contributed by atoms with E-state index >= 15 is 0 Å². The second-order valence-corrected chi connectivity index (χ2v) is 6.17. The lowest BCUT2D eigenvalue weighted by atomic mass is 9.86. The van der Waals surface area contributed by atoms with Crippen LogP contribution in [0.15, 0.2) is 46.2 Å². The summed E-state index contributed by atoms with van der Waals surface area (Å²) in [5.74, 6) is 1.33. The molecule has 1 heterocycles. The molecule has 1 atom stereocenters. The molecule has 0 nitrogen and oxygen atoms in total. The molecule has 0 fully saturated rings. The van der Waals surface area contributed by atoms with E-state index in [0.29, 0.717) is 11.8 Å². The zero-order chi connectivity index (χ0) is 11.8. The quantitative estimate of drug-likeness (QED) is 0.695. The van der Waals surface area contributed by atoms with E-state index in [4.69, 9.17) is 0 Å². The van der Waals surface area contributed by atoms with Gasteiger partial charge in [-0.1, -0.05) is 49.8 Å². The third-order valence-electron chi connectivity index (χ3n) is 3.81. The average Bonchev–Trinajstić information content (AvgIpc) is 2.63. The molecule has 0 aromatic heterocycles. The first-order valence-electron chi connectivity index (χ1n) is 6.39. The minimum atomic E-state index is 0.656. The van der Waals surface area contributed by atoms with Crippen LogP contribution in [0, 0.1) is 11.8 Å². The first kappa shape index (κ1) is 11.2. The SMILES string of the molecule is CC(C)C1=CSC2=CCc3ccccc3CC21. The van der Waals surface area contributed by atoms with Gasteiger partial charge in [-0.05, 0) is 40.2 Å². The maximum Gasteiger partial charge on any atom is 0.0160 e. The van der Waals surface area contributed by atoms with E-state index in [0.717, 1.165) is 6.42 Å². The number of allylic oxidation sites excluding steroid dienone is 3. The Labute approximate surface area is 108 Å². The van der Waals surface area contributed by atoms with Gasteiger partial charge in [0.05, 0.1) is 0 Å². The molecule has 0 N–H and O–H groups in total. The van der Waals surface area contributed by atoms with Gasteiger partial charge < -0.3 is 0 Å². The summed E-state index contributed by atoms with van der Waals surface area (Å²) in [6, 6.07) is 8.90. The van der Waals surface area contributed by atoms with Gasteiger partial charge in [0, 0.05) is 5.92 Å². The maximum absolute atomic E-state index is 2.44. The number of fused-ring (bicyclic) bond motifs is 2. The highest BCUT2D eigenvalue weighted by atomic mass is 32.2. The number of hydrogen-bond donors (Lipinski definition) is 0. The molecule has 0 bridgehead atoms. The van der Waals surface area contributed by atoms with Crippen molar-refractivity contribution in [2.24, 2.45) is 11.8 Å². The fraction of sp³-hybridized carbons (Fsp3) is 0.375. The molecule has 17 heavy (non-hydrogen) atoms. The van der Waals surface area contributed by atoms with Crippen LogP contribution in [-0.2, 0) is 12.8 Å². The van der Waals surface area contributed by atoms with Crippen molar-refractivity contribution in [2.45, 2.75) is 26.7 Å². The lowest BCUT2D eigenvalue weighted by Gasteiger charge is -2.18. The maximum atomic E-state index is 2.44. The predicted octanol–water partition coefficient (Wildman–Crippen LogP) is 4.57. The third kappa shape index (κ3) is 1.97. The van der Waals surface area contributed by atoms with Crippen molar-refractivity contribution < 1.29 is 0 Å². The van der Waals surface area contributed by atoms with Gasteiger partial charge in [-0.25, -0.2) is 0 Å². The zero-order valence-corrected chi connectivity index (χ0v) is 11.3. The molecular weight excluding hydrogens is 224 g/mol. The van der Waals surface area contributed by atoms with Crippen LogP contribution in [0.4, 0.5) is 0 Å². The van der Waals surface area contributed by atoms with Crippen molar-refractivity contribution in [3.63, 3.8) is 0 Å². The lowest BCUT2D eigenvalue weighted by Crippen LogP contribution is -2.09. The Kier molecular flexibility index (Phi) is 2.87. The Morgan fingerprint density at radius 2 is 1.94 bits per heavy atom. The molecule has 3 rings (SSSR count). The largest absolute Gasteiger partial charge is 0.102 e. The lowest BCUT2D eigenvalue weighted by molar-refractivity contribution is 0.628. The highest BCUT2D eigenvalue weighted by molar-refractivity contribution is 8.06. The second kappa shape index (κ2) is 4.38. The first-order chi connectivity index (χ1) is 8.25. The first-order valence-corrected chi connectivity index (χ1v) is 7.27. The Morgan fingerprint density at radius 3 is 2.71 bits per heavy atom. The molecule has 1 aliphatic carbocycles. The number of thioether (sulfide) groups is 1. The summed E-state index contributed by atoms with van der Waals surface area (Å²) < 4.78 is 0. The van der Waals surface area contributed by atoms with Gasteiger partial charge in [-0.3, -0.25) is 0 Å². The van der Waals surface area contributed by atoms with Crippen LogP contribution in [0.25, 0.3) is 0 Å². The Morgan fingerprint density at radius 1 is 1.18 bits per heavy atom. The van der Waals surface area contributed by atoms with Gasteiger partial charge in [-0.2, -0.15) is 0 Å². The summed E-state index contributed by atoms with van der Waals surface area (Å²) in [5.41, 5.74) is 4.67. The van der Waals surface area contributed by atoms with Crippen LogP contribution in [0.2, 0.25) is 0 Å². The highest BCUT2D eigenvalue weighted by Gasteiger charge is 2.28. The summed E-state index contributed by atoms with van der Waals surface area (Å²) in [5, 5.41) is 2.38. The van der Waals surface area contributed by atoms with Crippen LogP contribution in [0.3, 0.4) is 0 Å². The number of rotatable bonds is 1. The van der Waals surface area contributed by atoms with Crippen molar-refractivity contribution >= 4 is 11.8 Å². The average molecular weight is 242 g/mol. The molecule has 1 aliphatic heterocycles. The number of benzene rings is 1. The van der Waals surface area contributed by atoms with Gasteiger partial charge in [0.15, 0.2) is 0 Å². The number of hydrogen-bond acceptors (Lipinski definition) is 1. The van der Waals surface area contributed by atoms with Crippen molar-refractivity contribution in [1.29, 1.82) is 0 Å². The van der Waals surface area contributed by atoms with Gasteiger partial charge in [0.2, 0.25) is 0 Å². The molecule has 1 heteroatoms. The molecule has 0 amide bonds. The van der Waals surface area contributed by atoms with Crippen molar-refractivity contribution in [3.05, 3.63) is 57.4 Å². The predicted molar refractivity (Wildman–Crippen MR) is 75.9 cm³/mol. The molecule has 0 saturated carbocycles. The monoisotopic (exact) mass is 242 g/mol. The highest BCUT2D eigenvalue weighted by Crippen LogP contribution is 2.45. The fourth-order valence-electron chi connectivity index (χ4n) is 2.80. The molecule has 0 spiro atoms. The van der Waals surface area contributed by atoms with Gasteiger partial charge in [-0.15, -0.1) is 11.8 Å². The smallest absolute Gasteiger partial charge is 0.0160 e. The Bertz CT molecular complexity index is 494. The molecule has 1 aromatic rings. The van der Waals surface area contributed by atoms with E-state index in [1.54, 1.807) is 10.5 Å². The van der Waals surface area contributed by atoms with Gasteiger partial charge in [0.1, 0.15) is 0 Å². The van der Waals surface area contributed by atoms with Gasteiger partial charge >= 0.3 is 0 Å². The van der Waals surface area contributed by atoms with Gasteiger partial charge in [0.25, 0.3) is 0 Å². The fourth-order valence-corrected chi connectivity index (χ4v) is 4.07. The molecule has 1 unspecified atom stereocenters. The van der Waals surface area contributed by atoms with Crippen molar-refractivity contribution in [3.8, 4) is 0 Å². The van der Waals surface area contributed by atoms with E-state index in [2.05, 4.69) is 49.6 Å². The summed E-state index contributed by atoms with van der Waals surface area (Å²) in [6.07, 6.45) is 4.74. The molecule has 2 aliphatic rings. The van der Waals surface area contributed by atoms with Crippen LogP contribution in [-0.4, -0.2) is 0 Å². The van der Waals surface area contributed by atoms with E-state index in [9.17, 15) is 0 Å². The summed E-state index contributed by atoms with van der Waals surface area (Å²) in [7, 11) is 0. The van der Waals surface area contributed by atoms with Crippen molar-refractivity contribution in [1.82, 2.24) is 0 Å². The minimum absolute atomic E-state index is 0.656. The molecule has 0 saturated heterocycles. The second-order valence-electron chi connectivity index (χ2n) is 5.23. The van der Waals surface area contributed by atoms with E-state index in [1.807, 2.05) is 11.8 Å². The summed E-state index contributed by atoms with van der Waals surface area (Å²) in [6.45, 7) is 4.62. The topological polar surface area (TPSA) is 0 Å².